The van der Waals surface area contributed by atoms with Gasteiger partial charge < -0.3 is 30.9 Å². The Morgan fingerprint density at radius 3 is 2.32 bits per heavy atom. The van der Waals surface area contributed by atoms with Crippen molar-refractivity contribution < 1.29 is 24.2 Å². The van der Waals surface area contributed by atoms with Gasteiger partial charge in [0, 0.05) is 36.3 Å². The number of rotatable bonds is 12. The molecule has 2 amide bonds. The van der Waals surface area contributed by atoms with Crippen LogP contribution in [0.2, 0.25) is 0 Å². The first-order chi connectivity index (χ1) is 22.9. The second-order valence-electron chi connectivity index (χ2n) is 11.3. The van der Waals surface area contributed by atoms with Crippen LogP contribution >= 0.6 is 23.1 Å². The molecule has 0 bridgehead atoms. The number of para-hydroxylation sites is 3. The Morgan fingerprint density at radius 1 is 0.872 bits per heavy atom. The average Bonchev–Trinajstić information content (AvgIpc) is 3.52. The molecule has 0 radical (unpaired) electrons. The van der Waals surface area contributed by atoms with Crippen molar-refractivity contribution in [2.45, 2.75) is 55.1 Å². The SMILES string of the molecule is Nc1ccccc1NC(=O)CCCC(=O)Nc1ccc([C@H]2O[C@@H](CSc3nc4ccccc4s3)C[C@@H](c3ccc(CO)cc3)O2)cc1. The molecular formula is C36H36N4O5S2. The number of thioether (sulfide) groups is 1. The highest BCUT2D eigenvalue weighted by Gasteiger charge is 2.32. The number of hydrogen-bond acceptors (Lipinski definition) is 9. The molecular weight excluding hydrogens is 633 g/mol. The third-order valence-electron chi connectivity index (χ3n) is 7.79. The van der Waals surface area contributed by atoms with E-state index in [1.807, 2.05) is 66.7 Å². The number of aromatic nitrogens is 1. The lowest BCUT2D eigenvalue weighted by Crippen LogP contribution is -2.31. The van der Waals surface area contributed by atoms with Gasteiger partial charge in [-0.2, -0.15) is 0 Å². The van der Waals surface area contributed by atoms with E-state index in [0.29, 0.717) is 29.9 Å². The summed E-state index contributed by atoms with van der Waals surface area (Å²) >= 11 is 3.37. The third kappa shape index (κ3) is 8.76. The zero-order valence-corrected chi connectivity index (χ0v) is 27.3. The molecule has 11 heteroatoms. The summed E-state index contributed by atoms with van der Waals surface area (Å²) in [6.45, 7) is -0.0129. The minimum absolute atomic E-state index is 0.0129. The first kappa shape index (κ1) is 32.7. The summed E-state index contributed by atoms with van der Waals surface area (Å²) in [5.41, 5.74) is 11.3. The Hall–Kier alpha value is -4.26. The maximum absolute atomic E-state index is 12.6. The molecule has 5 N–H and O–H groups in total. The van der Waals surface area contributed by atoms with Crippen LogP contribution in [0.25, 0.3) is 10.2 Å². The van der Waals surface area contributed by atoms with Gasteiger partial charge in [0.15, 0.2) is 10.6 Å². The number of hydrogen-bond donors (Lipinski definition) is 4. The van der Waals surface area contributed by atoms with Gasteiger partial charge in [0.05, 0.1) is 40.4 Å². The summed E-state index contributed by atoms with van der Waals surface area (Å²) in [7, 11) is 0. The van der Waals surface area contributed by atoms with Crippen molar-refractivity contribution in [3.8, 4) is 0 Å². The molecule has 1 aromatic heterocycles. The quantitative estimate of drug-likeness (QED) is 0.0795. The molecule has 0 aliphatic carbocycles. The van der Waals surface area contributed by atoms with E-state index >= 15 is 0 Å². The molecule has 0 spiro atoms. The lowest BCUT2D eigenvalue weighted by Gasteiger charge is -2.36. The Bertz CT molecular complexity index is 1780. The molecule has 6 rings (SSSR count). The Morgan fingerprint density at radius 2 is 1.57 bits per heavy atom. The highest BCUT2D eigenvalue weighted by atomic mass is 32.2. The van der Waals surface area contributed by atoms with Gasteiger partial charge in [-0.25, -0.2) is 4.98 Å². The first-order valence-electron chi connectivity index (χ1n) is 15.5. The number of ether oxygens (including phenoxy) is 2. The maximum atomic E-state index is 12.6. The van der Waals surface area contributed by atoms with Crippen molar-refractivity contribution >= 4 is 62.2 Å². The van der Waals surface area contributed by atoms with Crippen LogP contribution in [0.1, 0.15) is 54.8 Å². The number of amides is 2. The van der Waals surface area contributed by atoms with Crippen LogP contribution in [-0.4, -0.2) is 33.8 Å². The molecule has 1 aliphatic rings. The highest BCUT2D eigenvalue weighted by Crippen LogP contribution is 2.40. The number of aliphatic hydroxyl groups excluding tert-OH is 1. The molecule has 1 saturated heterocycles. The van der Waals surface area contributed by atoms with Crippen LogP contribution in [0.4, 0.5) is 17.1 Å². The van der Waals surface area contributed by atoms with Gasteiger partial charge >= 0.3 is 0 Å². The summed E-state index contributed by atoms with van der Waals surface area (Å²) in [5.74, 6) is 0.357. The number of carbonyl (C=O) groups excluding carboxylic acids is 2. The zero-order chi connectivity index (χ0) is 32.6. The van der Waals surface area contributed by atoms with Gasteiger partial charge in [-0.3, -0.25) is 9.59 Å². The molecule has 2 heterocycles. The number of nitrogen functional groups attached to an aromatic ring is 1. The van der Waals surface area contributed by atoms with E-state index in [0.717, 1.165) is 37.0 Å². The van der Waals surface area contributed by atoms with E-state index in [1.54, 1.807) is 47.4 Å². The number of nitrogens with one attached hydrogen (secondary N) is 2. The summed E-state index contributed by atoms with van der Waals surface area (Å²) in [6.07, 6.45) is 0.606. The summed E-state index contributed by atoms with van der Waals surface area (Å²) < 4.78 is 15.1. The number of fused-ring (bicyclic) bond motifs is 1. The van der Waals surface area contributed by atoms with E-state index in [-0.39, 0.29) is 43.5 Å². The van der Waals surface area contributed by atoms with Gasteiger partial charge in [0.1, 0.15) is 0 Å². The van der Waals surface area contributed by atoms with Crippen LogP contribution in [0.5, 0.6) is 0 Å². The van der Waals surface area contributed by atoms with Crippen LogP contribution in [0.15, 0.2) is 101 Å². The minimum Gasteiger partial charge on any atom is -0.397 e. The van der Waals surface area contributed by atoms with Crippen molar-refractivity contribution in [3.05, 3.63) is 114 Å². The molecule has 3 atom stereocenters. The molecule has 242 valence electrons. The number of nitrogens with zero attached hydrogens (tertiary/aromatic N) is 1. The van der Waals surface area contributed by atoms with Crippen molar-refractivity contribution in [1.82, 2.24) is 4.98 Å². The normalized spacial score (nSPS) is 17.8. The van der Waals surface area contributed by atoms with E-state index in [4.69, 9.17) is 20.2 Å². The van der Waals surface area contributed by atoms with E-state index in [1.165, 1.54) is 0 Å². The van der Waals surface area contributed by atoms with E-state index in [9.17, 15) is 14.7 Å². The van der Waals surface area contributed by atoms with Crippen LogP contribution in [0, 0.1) is 0 Å². The molecule has 5 aromatic rings. The number of thiazole rings is 1. The van der Waals surface area contributed by atoms with Crippen LogP contribution in [-0.2, 0) is 25.7 Å². The van der Waals surface area contributed by atoms with Crippen molar-refractivity contribution in [3.63, 3.8) is 0 Å². The Labute approximate surface area is 281 Å². The largest absolute Gasteiger partial charge is 0.397 e. The van der Waals surface area contributed by atoms with Gasteiger partial charge in [0.25, 0.3) is 0 Å². The molecule has 47 heavy (non-hydrogen) atoms. The Kier molecular flexibility index (Phi) is 10.8. The maximum Gasteiger partial charge on any atom is 0.224 e. The topological polar surface area (TPSA) is 136 Å². The van der Waals surface area contributed by atoms with Crippen molar-refractivity contribution in [1.29, 1.82) is 0 Å². The fraction of sp³-hybridized carbons (Fsp3) is 0.250. The van der Waals surface area contributed by atoms with Gasteiger partial charge in [0.2, 0.25) is 11.8 Å². The standard InChI is InChI=1S/C36H36N4O5S2/c37-28-6-1-2-7-29(28)39-34(43)11-5-10-33(42)38-26-18-16-25(17-19-26)35-44-27(20-31(45-35)24-14-12-23(21-41)13-15-24)22-46-36-40-30-8-3-4-9-32(30)47-36/h1-4,6-9,12-19,27,31,35,41H,5,10-11,20-22,37H2,(H,38,42)(H,39,43)/t27-,31+,35+/m1/s1. The minimum atomic E-state index is -0.603. The number of nitrogens with two attached hydrogens (primary N) is 1. The average molecular weight is 669 g/mol. The van der Waals surface area contributed by atoms with E-state index < -0.39 is 6.29 Å². The monoisotopic (exact) mass is 668 g/mol. The predicted molar refractivity (Wildman–Crippen MR) is 187 cm³/mol. The number of carbonyl (C=O) groups is 2. The highest BCUT2D eigenvalue weighted by molar-refractivity contribution is 8.01. The predicted octanol–water partition coefficient (Wildman–Crippen LogP) is 7.46. The fourth-order valence-electron chi connectivity index (χ4n) is 5.28. The molecule has 4 aromatic carbocycles. The third-order valence-corrected chi connectivity index (χ3v) is 10.1. The molecule has 0 saturated carbocycles. The molecule has 9 nitrogen and oxygen atoms in total. The zero-order valence-electron chi connectivity index (χ0n) is 25.6. The number of aliphatic hydroxyl groups is 1. The fourth-order valence-corrected chi connectivity index (χ4v) is 7.39. The smallest absolute Gasteiger partial charge is 0.224 e. The van der Waals surface area contributed by atoms with Crippen LogP contribution in [0.3, 0.4) is 0 Å². The van der Waals surface area contributed by atoms with E-state index in [2.05, 4.69) is 16.7 Å². The van der Waals surface area contributed by atoms with Gasteiger partial charge in [-0.1, -0.05) is 72.4 Å². The second-order valence-corrected chi connectivity index (χ2v) is 13.6. The summed E-state index contributed by atoms with van der Waals surface area (Å²) in [5, 5.41) is 15.2. The van der Waals surface area contributed by atoms with Crippen molar-refractivity contribution in [2.24, 2.45) is 0 Å². The first-order valence-corrected chi connectivity index (χ1v) is 17.3. The second kappa shape index (κ2) is 15.6. The van der Waals surface area contributed by atoms with Crippen LogP contribution < -0.4 is 16.4 Å². The van der Waals surface area contributed by atoms with Gasteiger partial charge in [-0.15, -0.1) is 11.3 Å². The van der Waals surface area contributed by atoms with Crippen molar-refractivity contribution in [2.75, 3.05) is 22.1 Å². The number of anilines is 3. The Balaban J connectivity index is 1.06. The molecule has 1 fully saturated rings. The van der Waals surface area contributed by atoms with Gasteiger partial charge in [-0.05, 0) is 53.9 Å². The lowest BCUT2D eigenvalue weighted by molar-refractivity contribution is -0.245. The summed E-state index contributed by atoms with van der Waals surface area (Å²) in [4.78, 5) is 29.6. The lowest BCUT2D eigenvalue weighted by atomic mass is 10.0. The molecule has 1 aliphatic heterocycles. The molecule has 0 unspecified atom stereocenters. The summed E-state index contributed by atoms with van der Waals surface area (Å²) in [6, 6.07) is 30.5. The number of benzene rings is 4.